The number of sulfonamides is 1. The van der Waals surface area contributed by atoms with Crippen LogP contribution in [0.3, 0.4) is 0 Å². The van der Waals surface area contributed by atoms with Crippen LogP contribution < -0.4 is 19.8 Å². The molecule has 2 aromatic heterocycles. The third-order valence-electron chi connectivity index (χ3n) is 6.48. The summed E-state index contributed by atoms with van der Waals surface area (Å²) in [5, 5.41) is 4.71. The summed E-state index contributed by atoms with van der Waals surface area (Å²) in [5.74, 6) is 1.95. The number of fused-ring (bicyclic) bond motifs is 1. The average molecular weight is 568 g/mol. The fourth-order valence-corrected chi connectivity index (χ4v) is 5.63. The molecule has 2 aromatic carbocycles. The lowest BCUT2D eigenvalue weighted by Gasteiger charge is -2.14. The second kappa shape index (κ2) is 13.0. The molecule has 0 atom stereocenters. The van der Waals surface area contributed by atoms with Gasteiger partial charge in [-0.2, -0.15) is 0 Å². The number of benzene rings is 2. The lowest BCUT2D eigenvalue weighted by Crippen LogP contribution is -2.17. The maximum Gasteiger partial charge on any atom is 0.277 e. The molecule has 214 valence electrons. The van der Waals surface area contributed by atoms with Crippen LogP contribution in [0.25, 0.3) is 16.9 Å². The highest BCUT2D eigenvalue weighted by Crippen LogP contribution is 2.31. The van der Waals surface area contributed by atoms with Crippen LogP contribution in [-0.2, 0) is 16.4 Å². The van der Waals surface area contributed by atoms with Gasteiger partial charge in [-0.25, -0.2) is 17.9 Å². The zero-order valence-electron chi connectivity index (χ0n) is 23.5. The molecule has 0 radical (unpaired) electrons. The van der Waals surface area contributed by atoms with Gasteiger partial charge in [0.2, 0.25) is 0 Å². The Balaban J connectivity index is 1.71. The van der Waals surface area contributed by atoms with Gasteiger partial charge in [0, 0.05) is 12.1 Å². The number of nitrogens with one attached hydrogen (secondary N) is 2. The van der Waals surface area contributed by atoms with Crippen LogP contribution in [-0.4, -0.2) is 41.2 Å². The summed E-state index contributed by atoms with van der Waals surface area (Å²) in [5.41, 5.74) is 1.38. The lowest BCUT2D eigenvalue weighted by atomic mass is 10.1. The first-order valence-electron chi connectivity index (χ1n) is 13.8. The molecule has 2 heterocycles. The monoisotopic (exact) mass is 567 g/mol. The van der Waals surface area contributed by atoms with Crippen LogP contribution >= 0.6 is 0 Å². The van der Waals surface area contributed by atoms with E-state index in [9.17, 15) is 13.2 Å². The molecular weight excluding hydrogens is 530 g/mol. The van der Waals surface area contributed by atoms with E-state index in [1.807, 2.05) is 13.8 Å². The maximum absolute atomic E-state index is 13.3. The van der Waals surface area contributed by atoms with Crippen molar-refractivity contribution >= 4 is 21.2 Å². The molecule has 4 aromatic rings. The van der Waals surface area contributed by atoms with Crippen LogP contribution in [0.1, 0.15) is 64.4 Å². The number of H-pyrrole nitrogens is 1. The second-order valence-corrected chi connectivity index (χ2v) is 11.2. The molecule has 0 unspecified atom stereocenters. The fourth-order valence-electron chi connectivity index (χ4n) is 4.55. The molecule has 0 aliphatic carbocycles. The van der Waals surface area contributed by atoms with Crippen molar-refractivity contribution in [3.05, 3.63) is 64.3 Å². The summed E-state index contributed by atoms with van der Waals surface area (Å²) in [7, 11) is -3.96. The first kappa shape index (κ1) is 29.1. The highest BCUT2D eigenvalue weighted by molar-refractivity contribution is 7.92. The lowest BCUT2D eigenvalue weighted by molar-refractivity contribution is 0.340. The van der Waals surface area contributed by atoms with E-state index in [2.05, 4.69) is 21.6 Å². The minimum absolute atomic E-state index is 0.000503. The molecule has 10 nitrogen and oxygen atoms in total. The first-order valence-corrected chi connectivity index (χ1v) is 15.3. The highest BCUT2D eigenvalue weighted by atomic mass is 32.2. The molecule has 0 fully saturated rings. The van der Waals surface area contributed by atoms with Crippen LogP contribution in [0, 0.1) is 6.92 Å². The van der Waals surface area contributed by atoms with Gasteiger partial charge in [-0.15, -0.1) is 5.10 Å². The Kier molecular flexibility index (Phi) is 9.46. The number of aromatic nitrogens is 4. The van der Waals surface area contributed by atoms with Gasteiger partial charge in [-0.3, -0.25) is 9.52 Å². The molecule has 0 amide bonds. The van der Waals surface area contributed by atoms with Gasteiger partial charge >= 0.3 is 0 Å². The molecule has 0 saturated heterocycles. The van der Waals surface area contributed by atoms with Crippen LogP contribution in [0.15, 0.2) is 52.2 Å². The Morgan fingerprint density at radius 3 is 2.38 bits per heavy atom. The Bertz CT molecular complexity index is 1610. The minimum atomic E-state index is -3.96. The van der Waals surface area contributed by atoms with Gasteiger partial charge in [-0.05, 0) is 69.7 Å². The molecule has 11 heteroatoms. The van der Waals surface area contributed by atoms with Gasteiger partial charge in [0.1, 0.15) is 17.3 Å². The van der Waals surface area contributed by atoms with Gasteiger partial charge in [0.15, 0.2) is 11.3 Å². The van der Waals surface area contributed by atoms with E-state index in [1.165, 1.54) is 25.0 Å². The fraction of sp³-hybridized carbons (Fsp3) is 0.414. The first-order chi connectivity index (χ1) is 19.3. The molecule has 0 aliphatic heterocycles. The number of hydrogen-bond donors (Lipinski definition) is 2. The van der Waals surface area contributed by atoms with E-state index in [-0.39, 0.29) is 16.3 Å². The quantitative estimate of drug-likeness (QED) is 0.193. The Hall–Kier alpha value is -3.86. The predicted molar refractivity (Wildman–Crippen MR) is 156 cm³/mol. The largest absolute Gasteiger partial charge is 0.494 e. The number of ether oxygens (including phenoxy) is 2. The third-order valence-corrected chi connectivity index (χ3v) is 7.86. The average Bonchev–Trinajstić information content (AvgIpc) is 3.25. The smallest absolute Gasteiger partial charge is 0.277 e. The second-order valence-electron chi connectivity index (χ2n) is 9.49. The molecule has 0 saturated carbocycles. The molecule has 0 aliphatic rings. The summed E-state index contributed by atoms with van der Waals surface area (Å²) in [6.45, 7) is 8.54. The van der Waals surface area contributed by atoms with Crippen molar-refractivity contribution in [1.29, 1.82) is 0 Å². The number of hydrogen-bond acceptors (Lipinski definition) is 7. The standard InChI is InChI=1S/C29H37N5O5S/c1-5-8-9-10-11-12-26-30-20(4)27-29(35)31-28(32-34(26)27)24-19-23(17-18-25(24)39-7-3)40(36,37)33-21-13-15-22(16-14-21)38-6-2/h13-19,33H,5-12H2,1-4H3,(H,31,32,35). The van der Waals surface area contributed by atoms with Crippen LogP contribution in [0.2, 0.25) is 0 Å². The van der Waals surface area contributed by atoms with E-state index >= 15 is 0 Å². The molecular formula is C29H37N5O5S. The van der Waals surface area contributed by atoms with Crippen molar-refractivity contribution in [1.82, 2.24) is 19.6 Å². The van der Waals surface area contributed by atoms with E-state index in [1.54, 1.807) is 41.8 Å². The third kappa shape index (κ3) is 6.64. The molecule has 2 N–H and O–H groups in total. The van der Waals surface area contributed by atoms with Crippen molar-refractivity contribution in [3.8, 4) is 22.9 Å². The van der Waals surface area contributed by atoms with Crippen molar-refractivity contribution < 1.29 is 17.9 Å². The number of aromatic amines is 1. The molecule has 0 bridgehead atoms. The van der Waals surface area contributed by atoms with Crippen molar-refractivity contribution in [2.45, 2.75) is 71.1 Å². The van der Waals surface area contributed by atoms with E-state index in [4.69, 9.17) is 14.6 Å². The number of aryl methyl sites for hydroxylation is 2. The predicted octanol–water partition coefficient (Wildman–Crippen LogP) is 5.50. The topological polar surface area (TPSA) is 128 Å². The van der Waals surface area contributed by atoms with Crippen LogP contribution in [0.5, 0.6) is 11.5 Å². The van der Waals surface area contributed by atoms with Gasteiger partial charge in [0.05, 0.1) is 29.4 Å². The number of rotatable bonds is 14. The van der Waals surface area contributed by atoms with E-state index < -0.39 is 10.0 Å². The zero-order valence-corrected chi connectivity index (χ0v) is 24.3. The normalized spacial score (nSPS) is 11.6. The van der Waals surface area contributed by atoms with Gasteiger partial charge in [-0.1, -0.05) is 32.6 Å². The van der Waals surface area contributed by atoms with E-state index in [0.29, 0.717) is 59.4 Å². The minimum Gasteiger partial charge on any atom is -0.494 e. The highest BCUT2D eigenvalue weighted by Gasteiger charge is 2.21. The Morgan fingerprint density at radius 2 is 1.68 bits per heavy atom. The molecule has 40 heavy (non-hydrogen) atoms. The Labute approximate surface area is 234 Å². The number of anilines is 1. The number of imidazole rings is 1. The van der Waals surface area contributed by atoms with Crippen molar-refractivity contribution in [3.63, 3.8) is 0 Å². The summed E-state index contributed by atoms with van der Waals surface area (Å²) < 4.78 is 42.0. The number of nitrogens with zero attached hydrogens (tertiary/aromatic N) is 3. The summed E-state index contributed by atoms with van der Waals surface area (Å²) in [6.07, 6.45) is 6.22. The zero-order chi connectivity index (χ0) is 28.7. The maximum atomic E-state index is 13.3. The molecule has 0 spiro atoms. The Morgan fingerprint density at radius 1 is 0.950 bits per heavy atom. The number of unbranched alkanes of at least 4 members (excludes halogenated alkanes) is 4. The SMILES string of the molecule is CCCCCCCc1nc(C)c2c(=O)[nH]c(-c3cc(S(=O)(=O)Nc4ccc(OCC)cc4)ccc3OCC)nn12. The van der Waals surface area contributed by atoms with Crippen molar-refractivity contribution in [2.24, 2.45) is 0 Å². The van der Waals surface area contributed by atoms with Crippen LogP contribution in [0.4, 0.5) is 5.69 Å². The van der Waals surface area contributed by atoms with Crippen molar-refractivity contribution in [2.75, 3.05) is 17.9 Å². The van der Waals surface area contributed by atoms with Gasteiger partial charge < -0.3 is 14.5 Å². The summed E-state index contributed by atoms with van der Waals surface area (Å²) in [6, 6.07) is 11.2. The van der Waals surface area contributed by atoms with E-state index in [0.717, 1.165) is 19.3 Å². The van der Waals surface area contributed by atoms with Gasteiger partial charge in [0.25, 0.3) is 15.6 Å². The molecule has 4 rings (SSSR count). The summed E-state index contributed by atoms with van der Waals surface area (Å²) >= 11 is 0. The summed E-state index contributed by atoms with van der Waals surface area (Å²) in [4.78, 5) is 20.6.